The molecule has 0 aromatic heterocycles. The Morgan fingerprint density at radius 3 is 2.54 bits per heavy atom. The van der Waals surface area contributed by atoms with Gasteiger partial charge in [0.25, 0.3) is 11.6 Å². The van der Waals surface area contributed by atoms with Crippen LogP contribution < -0.4 is 10.2 Å². The third kappa shape index (κ3) is 3.82. The number of hydrogen-bond acceptors (Lipinski definition) is 4. The first-order chi connectivity index (χ1) is 12.5. The average molecular weight is 357 g/mol. The molecule has 0 spiro atoms. The zero-order valence-corrected chi connectivity index (χ0v) is 14.5. The number of carbonyl (C=O) groups is 1. The van der Waals surface area contributed by atoms with E-state index < -0.39 is 16.6 Å². The molecule has 1 heterocycles. The summed E-state index contributed by atoms with van der Waals surface area (Å²) < 4.78 is 13.7. The van der Waals surface area contributed by atoms with Gasteiger partial charge in [0.05, 0.1) is 16.3 Å². The molecule has 2 aromatic carbocycles. The van der Waals surface area contributed by atoms with Crippen LogP contribution in [0.5, 0.6) is 0 Å². The monoisotopic (exact) mass is 357 g/mol. The van der Waals surface area contributed by atoms with E-state index in [0.29, 0.717) is 16.8 Å². The molecule has 1 N–H and O–H groups in total. The van der Waals surface area contributed by atoms with E-state index in [4.69, 9.17) is 0 Å². The predicted molar refractivity (Wildman–Crippen MR) is 98.3 cm³/mol. The molecule has 0 bridgehead atoms. The van der Waals surface area contributed by atoms with Crippen LogP contribution in [0.4, 0.5) is 21.5 Å². The summed E-state index contributed by atoms with van der Waals surface area (Å²) in [7, 11) is 0. The second-order valence-corrected chi connectivity index (χ2v) is 6.42. The van der Waals surface area contributed by atoms with Crippen molar-refractivity contribution in [3.05, 3.63) is 63.5 Å². The van der Waals surface area contributed by atoms with Crippen LogP contribution in [0, 0.1) is 22.9 Å². The standard InChI is InChI=1S/C19H20FN3O3/c1-13-11-14(5-7-17(13)23(25)26)19(24)21-16-12-15(20)6-8-18(16)22-9-3-2-4-10-22/h5-8,11-12H,2-4,9-10H2,1H3,(H,21,24). The van der Waals surface area contributed by atoms with Crippen molar-refractivity contribution < 1.29 is 14.1 Å². The lowest BCUT2D eigenvalue weighted by Gasteiger charge is -2.30. The van der Waals surface area contributed by atoms with E-state index in [1.165, 1.54) is 36.8 Å². The van der Waals surface area contributed by atoms with Gasteiger partial charge in [-0.2, -0.15) is 0 Å². The number of aryl methyl sites for hydroxylation is 1. The number of nitrogens with zero attached hydrogens (tertiary/aromatic N) is 2. The number of piperidine rings is 1. The summed E-state index contributed by atoms with van der Waals surface area (Å²) in [4.78, 5) is 25.1. The topological polar surface area (TPSA) is 75.5 Å². The molecule has 2 aromatic rings. The molecule has 136 valence electrons. The number of nitrogens with one attached hydrogen (secondary N) is 1. The van der Waals surface area contributed by atoms with E-state index in [0.717, 1.165) is 31.6 Å². The Hall–Kier alpha value is -2.96. The highest BCUT2D eigenvalue weighted by Gasteiger charge is 2.18. The van der Waals surface area contributed by atoms with Crippen LogP contribution in [0.25, 0.3) is 0 Å². The van der Waals surface area contributed by atoms with Gasteiger partial charge in [-0.15, -0.1) is 0 Å². The molecule has 1 fully saturated rings. The minimum atomic E-state index is -0.488. The Morgan fingerprint density at radius 1 is 1.15 bits per heavy atom. The maximum atomic E-state index is 13.7. The van der Waals surface area contributed by atoms with Crippen molar-refractivity contribution in [3.63, 3.8) is 0 Å². The fraction of sp³-hybridized carbons (Fsp3) is 0.316. The zero-order chi connectivity index (χ0) is 18.7. The predicted octanol–water partition coefficient (Wildman–Crippen LogP) is 4.28. The van der Waals surface area contributed by atoms with E-state index in [1.54, 1.807) is 13.0 Å². The number of nitro benzene ring substituents is 1. The van der Waals surface area contributed by atoms with E-state index in [2.05, 4.69) is 10.2 Å². The number of amides is 1. The summed E-state index contributed by atoms with van der Waals surface area (Å²) >= 11 is 0. The second kappa shape index (κ2) is 7.51. The van der Waals surface area contributed by atoms with Gasteiger partial charge in [-0.05, 0) is 56.5 Å². The first-order valence-electron chi connectivity index (χ1n) is 8.56. The van der Waals surface area contributed by atoms with Crippen LogP contribution >= 0.6 is 0 Å². The van der Waals surface area contributed by atoms with Crippen LogP contribution in [0.1, 0.15) is 35.2 Å². The molecule has 0 unspecified atom stereocenters. The number of halogens is 1. The normalized spacial score (nSPS) is 14.2. The minimum absolute atomic E-state index is 0.0405. The quantitative estimate of drug-likeness (QED) is 0.654. The van der Waals surface area contributed by atoms with E-state index >= 15 is 0 Å². The summed E-state index contributed by atoms with van der Waals surface area (Å²) in [5, 5.41) is 13.7. The van der Waals surface area contributed by atoms with Crippen LogP contribution in [-0.4, -0.2) is 23.9 Å². The number of nitro groups is 1. The van der Waals surface area contributed by atoms with Crippen molar-refractivity contribution in [2.45, 2.75) is 26.2 Å². The highest BCUT2D eigenvalue weighted by atomic mass is 19.1. The molecule has 0 atom stereocenters. The number of hydrogen-bond donors (Lipinski definition) is 1. The van der Waals surface area contributed by atoms with Crippen molar-refractivity contribution in [2.24, 2.45) is 0 Å². The third-order valence-electron chi connectivity index (χ3n) is 4.56. The maximum Gasteiger partial charge on any atom is 0.272 e. The highest BCUT2D eigenvalue weighted by molar-refractivity contribution is 6.06. The molecule has 3 rings (SSSR count). The van der Waals surface area contributed by atoms with Crippen LogP contribution in [0.3, 0.4) is 0 Å². The summed E-state index contributed by atoms with van der Waals surface area (Å²) in [6.45, 7) is 3.31. The van der Waals surface area contributed by atoms with Crippen LogP contribution in [-0.2, 0) is 0 Å². The lowest BCUT2D eigenvalue weighted by atomic mass is 10.1. The van der Waals surface area contributed by atoms with Crippen molar-refractivity contribution in [1.82, 2.24) is 0 Å². The van der Waals surface area contributed by atoms with Crippen molar-refractivity contribution in [1.29, 1.82) is 0 Å². The Labute approximate surface area is 150 Å². The molecule has 7 heteroatoms. The van der Waals surface area contributed by atoms with Gasteiger partial charge < -0.3 is 10.2 Å². The smallest absolute Gasteiger partial charge is 0.272 e. The summed E-state index contributed by atoms with van der Waals surface area (Å²) in [5.41, 5.74) is 1.85. The van der Waals surface area contributed by atoms with Crippen molar-refractivity contribution >= 4 is 23.0 Å². The Kier molecular flexibility index (Phi) is 5.16. The van der Waals surface area contributed by atoms with Gasteiger partial charge in [0.2, 0.25) is 0 Å². The molecule has 6 nitrogen and oxygen atoms in total. The van der Waals surface area contributed by atoms with Crippen LogP contribution in [0.15, 0.2) is 36.4 Å². The van der Waals surface area contributed by atoms with Gasteiger partial charge in [-0.25, -0.2) is 4.39 Å². The van der Waals surface area contributed by atoms with Crippen molar-refractivity contribution in [2.75, 3.05) is 23.3 Å². The Bertz CT molecular complexity index is 848. The van der Waals surface area contributed by atoms with E-state index in [1.807, 2.05) is 0 Å². The summed E-state index contributed by atoms with van der Waals surface area (Å²) in [6, 6.07) is 8.54. The minimum Gasteiger partial charge on any atom is -0.370 e. The molecule has 1 aliphatic heterocycles. The zero-order valence-electron chi connectivity index (χ0n) is 14.5. The third-order valence-corrected chi connectivity index (χ3v) is 4.56. The van der Waals surface area contributed by atoms with Gasteiger partial charge >= 0.3 is 0 Å². The average Bonchev–Trinajstić information content (AvgIpc) is 2.62. The van der Waals surface area contributed by atoms with Gasteiger partial charge in [-0.3, -0.25) is 14.9 Å². The molecule has 0 aliphatic carbocycles. The highest BCUT2D eigenvalue weighted by Crippen LogP contribution is 2.30. The van der Waals surface area contributed by atoms with Crippen LogP contribution in [0.2, 0.25) is 0 Å². The molecular formula is C19H20FN3O3. The van der Waals surface area contributed by atoms with Crippen molar-refractivity contribution in [3.8, 4) is 0 Å². The first-order valence-corrected chi connectivity index (χ1v) is 8.56. The number of carbonyl (C=O) groups excluding carboxylic acids is 1. The largest absolute Gasteiger partial charge is 0.370 e. The maximum absolute atomic E-state index is 13.7. The van der Waals surface area contributed by atoms with Gasteiger partial charge in [0.1, 0.15) is 5.82 Å². The lowest BCUT2D eigenvalue weighted by molar-refractivity contribution is -0.385. The summed E-state index contributed by atoms with van der Waals surface area (Å²) in [5.74, 6) is -0.854. The second-order valence-electron chi connectivity index (χ2n) is 6.42. The Balaban J connectivity index is 1.86. The number of anilines is 2. The van der Waals surface area contributed by atoms with E-state index in [-0.39, 0.29) is 5.69 Å². The summed E-state index contributed by atoms with van der Waals surface area (Å²) in [6.07, 6.45) is 3.29. The first kappa shape index (κ1) is 17.8. The fourth-order valence-corrected chi connectivity index (χ4v) is 3.21. The number of benzene rings is 2. The lowest BCUT2D eigenvalue weighted by Crippen LogP contribution is -2.30. The molecule has 1 aliphatic rings. The fourth-order valence-electron chi connectivity index (χ4n) is 3.21. The number of rotatable bonds is 4. The SMILES string of the molecule is Cc1cc(C(=O)Nc2cc(F)ccc2N2CCCCC2)ccc1[N+](=O)[O-]. The van der Waals surface area contributed by atoms with Gasteiger partial charge in [0.15, 0.2) is 0 Å². The van der Waals surface area contributed by atoms with Gasteiger partial charge in [-0.1, -0.05) is 0 Å². The molecule has 1 amide bonds. The molecule has 0 radical (unpaired) electrons. The molecular weight excluding hydrogens is 337 g/mol. The molecule has 26 heavy (non-hydrogen) atoms. The molecule has 0 saturated carbocycles. The van der Waals surface area contributed by atoms with Gasteiger partial charge in [0, 0.05) is 30.3 Å². The molecule has 1 saturated heterocycles. The Morgan fingerprint density at radius 2 is 1.88 bits per heavy atom. The van der Waals surface area contributed by atoms with E-state index in [9.17, 15) is 19.3 Å².